The number of rotatable bonds is 3. The zero-order valence-electron chi connectivity index (χ0n) is 10.9. The SMILES string of the molecule is COc1ccc(N2C(=O)CC(c3cccs3)C2=O)cc1. The molecule has 1 fully saturated rings. The summed E-state index contributed by atoms with van der Waals surface area (Å²) in [6, 6.07) is 10.7. The molecular formula is C15H13NO3S. The van der Waals surface area contributed by atoms with E-state index in [1.807, 2.05) is 17.5 Å². The number of amides is 2. The summed E-state index contributed by atoms with van der Waals surface area (Å²) in [7, 11) is 1.58. The molecule has 1 atom stereocenters. The molecule has 1 aliphatic rings. The lowest BCUT2D eigenvalue weighted by Gasteiger charge is -2.15. The number of hydrogen-bond acceptors (Lipinski definition) is 4. The molecule has 0 aliphatic carbocycles. The van der Waals surface area contributed by atoms with Gasteiger partial charge in [-0.2, -0.15) is 0 Å². The maximum atomic E-state index is 12.4. The molecule has 5 heteroatoms. The number of carbonyl (C=O) groups is 2. The Balaban J connectivity index is 1.90. The van der Waals surface area contributed by atoms with Crippen molar-refractivity contribution in [3.63, 3.8) is 0 Å². The Morgan fingerprint density at radius 2 is 1.95 bits per heavy atom. The first kappa shape index (κ1) is 12.9. The summed E-state index contributed by atoms with van der Waals surface area (Å²) in [6.45, 7) is 0. The van der Waals surface area contributed by atoms with Gasteiger partial charge in [0.2, 0.25) is 11.8 Å². The van der Waals surface area contributed by atoms with Crippen LogP contribution < -0.4 is 9.64 Å². The van der Waals surface area contributed by atoms with Crippen molar-refractivity contribution < 1.29 is 14.3 Å². The molecule has 2 amide bonds. The van der Waals surface area contributed by atoms with E-state index in [1.54, 1.807) is 31.4 Å². The molecule has 0 bridgehead atoms. The van der Waals surface area contributed by atoms with Gasteiger partial charge in [0.1, 0.15) is 5.75 Å². The van der Waals surface area contributed by atoms with Crippen LogP contribution >= 0.6 is 11.3 Å². The van der Waals surface area contributed by atoms with Gasteiger partial charge in [0.05, 0.1) is 18.7 Å². The number of anilines is 1. The monoisotopic (exact) mass is 287 g/mol. The first-order valence-corrected chi connectivity index (χ1v) is 7.13. The van der Waals surface area contributed by atoms with Crippen LogP contribution in [-0.2, 0) is 9.59 Å². The summed E-state index contributed by atoms with van der Waals surface area (Å²) in [5, 5.41) is 1.92. The van der Waals surface area contributed by atoms with E-state index in [4.69, 9.17) is 4.74 Å². The molecule has 1 saturated heterocycles. The number of nitrogens with zero attached hydrogens (tertiary/aromatic N) is 1. The van der Waals surface area contributed by atoms with E-state index in [1.165, 1.54) is 16.2 Å². The van der Waals surface area contributed by atoms with Crippen LogP contribution in [-0.4, -0.2) is 18.9 Å². The Hall–Kier alpha value is -2.14. The predicted octanol–water partition coefficient (Wildman–Crippen LogP) is 2.80. The van der Waals surface area contributed by atoms with Gasteiger partial charge in [-0.15, -0.1) is 11.3 Å². The highest BCUT2D eigenvalue weighted by Gasteiger charge is 2.40. The topological polar surface area (TPSA) is 46.6 Å². The highest BCUT2D eigenvalue weighted by molar-refractivity contribution is 7.10. The van der Waals surface area contributed by atoms with Gasteiger partial charge in [0.15, 0.2) is 0 Å². The molecule has 0 radical (unpaired) electrons. The number of methoxy groups -OCH3 is 1. The van der Waals surface area contributed by atoms with Crippen molar-refractivity contribution in [2.45, 2.75) is 12.3 Å². The van der Waals surface area contributed by atoms with E-state index in [0.717, 1.165) is 4.88 Å². The van der Waals surface area contributed by atoms with Crippen LogP contribution in [0.3, 0.4) is 0 Å². The van der Waals surface area contributed by atoms with Crippen molar-refractivity contribution in [1.29, 1.82) is 0 Å². The molecule has 0 saturated carbocycles. The fourth-order valence-electron chi connectivity index (χ4n) is 2.35. The summed E-state index contributed by atoms with van der Waals surface area (Å²) < 4.78 is 5.08. The molecule has 2 aromatic rings. The van der Waals surface area contributed by atoms with E-state index in [0.29, 0.717) is 11.4 Å². The van der Waals surface area contributed by atoms with Crippen molar-refractivity contribution in [1.82, 2.24) is 0 Å². The smallest absolute Gasteiger partial charge is 0.242 e. The second-order valence-corrected chi connectivity index (χ2v) is 5.52. The van der Waals surface area contributed by atoms with E-state index >= 15 is 0 Å². The zero-order chi connectivity index (χ0) is 14.1. The normalized spacial score (nSPS) is 18.6. The minimum Gasteiger partial charge on any atom is -0.497 e. The van der Waals surface area contributed by atoms with Gasteiger partial charge in [-0.05, 0) is 35.7 Å². The third-order valence-corrected chi connectivity index (χ3v) is 4.35. The van der Waals surface area contributed by atoms with Crippen LogP contribution in [0.2, 0.25) is 0 Å². The lowest BCUT2D eigenvalue weighted by Crippen LogP contribution is -2.29. The fourth-order valence-corrected chi connectivity index (χ4v) is 3.17. The van der Waals surface area contributed by atoms with Crippen LogP contribution in [0.4, 0.5) is 5.69 Å². The van der Waals surface area contributed by atoms with E-state index in [9.17, 15) is 9.59 Å². The van der Waals surface area contributed by atoms with Crippen molar-refractivity contribution in [2.75, 3.05) is 12.0 Å². The lowest BCUT2D eigenvalue weighted by molar-refractivity contribution is -0.121. The average Bonchev–Trinajstić information content (AvgIpc) is 3.07. The number of imide groups is 1. The minimum atomic E-state index is -0.343. The van der Waals surface area contributed by atoms with Crippen LogP contribution in [0.15, 0.2) is 41.8 Å². The standard InChI is InChI=1S/C15H13NO3S/c1-19-11-6-4-10(5-7-11)16-14(17)9-12(15(16)18)13-3-2-8-20-13/h2-8,12H,9H2,1H3. The molecular weight excluding hydrogens is 274 g/mol. The minimum absolute atomic E-state index is 0.150. The highest BCUT2D eigenvalue weighted by atomic mass is 32.1. The molecule has 20 heavy (non-hydrogen) atoms. The van der Waals surface area contributed by atoms with Gasteiger partial charge in [0.25, 0.3) is 0 Å². The van der Waals surface area contributed by atoms with Crippen LogP contribution in [0, 0.1) is 0 Å². The van der Waals surface area contributed by atoms with Crippen LogP contribution in [0.1, 0.15) is 17.2 Å². The molecule has 3 rings (SSSR count). The fraction of sp³-hybridized carbons (Fsp3) is 0.200. The van der Waals surface area contributed by atoms with E-state index in [-0.39, 0.29) is 24.2 Å². The second kappa shape index (κ2) is 5.09. The third-order valence-electron chi connectivity index (χ3n) is 3.36. The van der Waals surface area contributed by atoms with Crippen molar-refractivity contribution >= 4 is 28.8 Å². The maximum absolute atomic E-state index is 12.4. The lowest BCUT2D eigenvalue weighted by atomic mass is 10.1. The summed E-state index contributed by atoms with van der Waals surface area (Å²) in [4.78, 5) is 26.8. The first-order chi connectivity index (χ1) is 9.70. The molecule has 4 nitrogen and oxygen atoms in total. The van der Waals surface area contributed by atoms with Crippen LogP contribution in [0.5, 0.6) is 5.75 Å². The largest absolute Gasteiger partial charge is 0.497 e. The van der Waals surface area contributed by atoms with Crippen LogP contribution in [0.25, 0.3) is 0 Å². The van der Waals surface area contributed by atoms with Crippen molar-refractivity contribution in [2.24, 2.45) is 0 Å². The van der Waals surface area contributed by atoms with Gasteiger partial charge in [0, 0.05) is 11.3 Å². The molecule has 1 aliphatic heterocycles. The number of hydrogen-bond donors (Lipinski definition) is 0. The Kier molecular flexibility index (Phi) is 3.28. The molecule has 2 heterocycles. The molecule has 1 aromatic heterocycles. The number of ether oxygens (including phenoxy) is 1. The van der Waals surface area contributed by atoms with Gasteiger partial charge in [-0.25, -0.2) is 4.90 Å². The molecule has 0 N–H and O–H groups in total. The summed E-state index contributed by atoms with van der Waals surface area (Å²) in [5.41, 5.74) is 0.597. The Labute approximate surface area is 120 Å². The predicted molar refractivity (Wildman–Crippen MR) is 77.2 cm³/mol. The van der Waals surface area contributed by atoms with Gasteiger partial charge in [-0.3, -0.25) is 9.59 Å². The molecule has 102 valence electrons. The summed E-state index contributed by atoms with van der Waals surface area (Å²) >= 11 is 1.51. The third kappa shape index (κ3) is 2.10. The van der Waals surface area contributed by atoms with Gasteiger partial charge in [-0.1, -0.05) is 6.07 Å². The summed E-state index contributed by atoms with van der Waals surface area (Å²) in [6.07, 6.45) is 0.241. The maximum Gasteiger partial charge on any atom is 0.242 e. The molecule has 0 spiro atoms. The highest BCUT2D eigenvalue weighted by Crippen LogP contribution is 2.35. The Bertz CT molecular complexity index is 634. The van der Waals surface area contributed by atoms with Crippen molar-refractivity contribution in [3.8, 4) is 5.75 Å². The molecule has 1 unspecified atom stereocenters. The Morgan fingerprint density at radius 1 is 1.20 bits per heavy atom. The summed E-state index contributed by atoms with van der Waals surface area (Å²) in [5.74, 6) is 0.0495. The van der Waals surface area contributed by atoms with E-state index in [2.05, 4.69) is 0 Å². The van der Waals surface area contributed by atoms with Gasteiger partial charge >= 0.3 is 0 Å². The van der Waals surface area contributed by atoms with Crippen molar-refractivity contribution in [3.05, 3.63) is 46.7 Å². The Morgan fingerprint density at radius 3 is 2.55 bits per heavy atom. The van der Waals surface area contributed by atoms with Gasteiger partial charge < -0.3 is 4.74 Å². The second-order valence-electron chi connectivity index (χ2n) is 4.54. The number of benzene rings is 1. The molecule has 1 aromatic carbocycles. The number of carbonyl (C=O) groups excluding carboxylic acids is 2. The average molecular weight is 287 g/mol. The zero-order valence-corrected chi connectivity index (χ0v) is 11.7. The quantitative estimate of drug-likeness (QED) is 0.816. The van der Waals surface area contributed by atoms with E-state index < -0.39 is 0 Å². The number of thiophene rings is 1. The first-order valence-electron chi connectivity index (χ1n) is 6.25.